The highest BCUT2D eigenvalue weighted by Gasteiger charge is 1.96. The highest BCUT2D eigenvalue weighted by atomic mass is 15.1. The molecule has 0 aromatic carbocycles. The van der Waals surface area contributed by atoms with Crippen LogP contribution in [0.1, 0.15) is 27.7 Å². The zero-order valence-corrected chi connectivity index (χ0v) is 8.15. The lowest BCUT2D eigenvalue weighted by Gasteiger charge is -2.20. The average molecular weight is 153 g/mol. The number of hydrogen-bond acceptors (Lipinski definition) is 1. The predicted molar refractivity (Wildman–Crippen MR) is 51.5 cm³/mol. The number of hydrogen-bond donors (Lipinski definition) is 0. The van der Waals surface area contributed by atoms with E-state index < -0.39 is 0 Å². The molecule has 0 aliphatic rings. The van der Waals surface area contributed by atoms with E-state index in [4.69, 9.17) is 0 Å². The summed E-state index contributed by atoms with van der Waals surface area (Å²) in [6, 6.07) is 0. The monoisotopic (exact) mass is 153 g/mol. The Bertz CT molecular complexity index is 152. The lowest BCUT2D eigenvalue weighted by molar-refractivity contribution is 0.403. The smallest absolute Gasteiger partial charge is 0.0358 e. The summed E-state index contributed by atoms with van der Waals surface area (Å²) in [5.41, 5.74) is 2.51. The summed E-state index contributed by atoms with van der Waals surface area (Å²) < 4.78 is 0. The highest BCUT2D eigenvalue weighted by molar-refractivity contribution is 4.99. The van der Waals surface area contributed by atoms with Crippen LogP contribution in [0.4, 0.5) is 0 Å². The van der Waals surface area contributed by atoms with Gasteiger partial charge in [-0.05, 0) is 27.7 Å². The zero-order chi connectivity index (χ0) is 8.85. The SMILES string of the molecule is C=C(C)N(CC)CC=C(C)C. The quantitative estimate of drug-likeness (QED) is 0.561. The maximum Gasteiger partial charge on any atom is 0.0358 e. The molecular formula is C10H19N. The van der Waals surface area contributed by atoms with Crippen molar-refractivity contribution in [3.63, 3.8) is 0 Å². The van der Waals surface area contributed by atoms with Crippen molar-refractivity contribution in [1.82, 2.24) is 4.90 Å². The van der Waals surface area contributed by atoms with Crippen LogP contribution in [0.2, 0.25) is 0 Å². The van der Waals surface area contributed by atoms with Crippen LogP contribution in [0.15, 0.2) is 23.9 Å². The standard InChI is InChI=1S/C10H19N/c1-6-11(10(4)5)8-7-9(2)3/h7H,4,6,8H2,1-3,5H3. The van der Waals surface area contributed by atoms with E-state index in [0.29, 0.717) is 0 Å². The third-order valence-electron chi connectivity index (χ3n) is 1.64. The van der Waals surface area contributed by atoms with Gasteiger partial charge in [0.25, 0.3) is 0 Å². The molecule has 0 N–H and O–H groups in total. The highest BCUT2D eigenvalue weighted by Crippen LogP contribution is 2.00. The van der Waals surface area contributed by atoms with E-state index in [2.05, 4.69) is 38.3 Å². The van der Waals surface area contributed by atoms with Crippen LogP contribution >= 0.6 is 0 Å². The summed E-state index contributed by atoms with van der Waals surface area (Å²) in [4.78, 5) is 2.24. The van der Waals surface area contributed by atoms with Gasteiger partial charge in [0.15, 0.2) is 0 Å². The van der Waals surface area contributed by atoms with E-state index in [1.807, 2.05) is 6.92 Å². The third-order valence-corrected chi connectivity index (χ3v) is 1.64. The molecule has 0 aliphatic carbocycles. The first-order valence-electron chi connectivity index (χ1n) is 4.11. The minimum atomic E-state index is 0.994. The molecule has 1 heteroatoms. The maximum atomic E-state index is 3.90. The van der Waals surface area contributed by atoms with Gasteiger partial charge in [-0.1, -0.05) is 18.2 Å². The topological polar surface area (TPSA) is 3.24 Å². The molecule has 0 atom stereocenters. The maximum absolute atomic E-state index is 3.90. The molecule has 0 saturated carbocycles. The fourth-order valence-electron chi connectivity index (χ4n) is 0.848. The molecule has 0 rings (SSSR count). The lowest BCUT2D eigenvalue weighted by atomic mass is 10.3. The van der Waals surface area contributed by atoms with Crippen molar-refractivity contribution in [1.29, 1.82) is 0 Å². The first-order valence-corrected chi connectivity index (χ1v) is 4.11. The van der Waals surface area contributed by atoms with E-state index in [1.54, 1.807) is 0 Å². The van der Waals surface area contributed by atoms with Crippen molar-refractivity contribution in [3.05, 3.63) is 23.9 Å². The molecule has 0 spiro atoms. The molecule has 0 unspecified atom stereocenters. The Hall–Kier alpha value is -0.720. The Morgan fingerprint density at radius 2 is 1.91 bits per heavy atom. The molecule has 0 aromatic rings. The van der Waals surface area contributed by atoms with Gasteiger partial charge in [-0.3, -0.25) is 0 Å². The van der Waals surface area contributed by atoms with Gasteiger partial charge in [0.1, 0.15) is 0 Å². The molecular weight excluding hydrogens is 134 g/mol. The molecule has 0 aliphatic heterocycles. The second-order valence-corrected chi connectivity index (χ2v) is 3.06. The number of likely N-dealkylation sites (N-methyl/N-ethyl adjacent to an activating group) is 1. The second kappa shape index (κ2) is 5.00. The van der Waals surface area contributed by atoms with E-state index in [1.165, 1.54) is 5.57 Å². The molecule has 0 radical (unpaired) electrons. The van der Waals surface area contributed by atoms with Gasteiger partial charge in [0, 0.05) is 18.8 Å². The molecule has 0 bridgehead atoms. The molecule has 1 nitrogen and oxygen atoms in total. The Morgan fingerprint density at radius 3 is 2.18 bits per heavy atom. The first-order chi connectivity index (χ1) is 5.07. The summed E-state index contributed by atoms with van der Waals surface area (Å²) in [5.74, 6) is 0. The van der Waals surface area contributed by atoms with Crippen LogP contribution in [0.5, 0.6) is 0 Å². The Balaban J connectivity index is 3.89. The average Bonchev–Trinajstić information content (AvgIpc) is 1.87. The van der Waals surface area contributed by atoms with Crippen molar-refractivity contribution >= 4 is 0 Å². The third kappa shape index (κ3) is 4.65. The molecule has 0 saturated heterocycles. The van der Waals surface area contributed by atoms with Gasteiger partial charge in [-0.2, -0.15) is 0 Å². The van der Waals surface area contributed by atoms with Gasteiger partial charge in [-0.25, -0.2) is 0 Å². The van der Waals surface area contributed by atoms with E-state index in [9.17, 15) is 0 Å². The van der Waals surface area contributed by atoms with E-state index >= 15 is 0 Å². The van der Waals surface area contributed by atoms with Gasteiger partial charge in [0.2, 0.25) is 0 Å². The van der Waals surface area contributed by atoms with Crippen LogP contribution < -0.4 is 0 Å². The number of nitrogens with zero attached hydrogens (tertiary/aromatic N) is 1. The fourth-order valence-corrected chi connectivity index (χ4v) is 0.848. The van der Waals surface area contributed by atoms with Gasteiger partial charge >= 0.3 is 0 Å². The fraction of sp³-hybridized carbons (Fsp3) is 0.600. The van der Waals surface area contributed by atoms with Crippen LogP contribution in [0, 0.1) is 0 Å². The minimum absolute atomic E-state index is 0.994. The molecule has 11 heavy (non-hydrogen) atoms. The van der Waals surface area contributed by atoms with Gasteiger partial charge < -0.3 is 4.90 Å². The van der Waals surface area contributed by atoms with E-state index in [0.717, 1.165) is 18.8 Å². The van der Waals surface area contributed by atoms with Crippen molar-refractivity contribution in [2.45, 2.75) is 27.7 Å². The first kappa shape index (κ1) is 10.3. The molecule has 0 heterocycles. The Labute approximate surface area is 70.4 Å². The van der Waals surface area contributed by atoms with Gasteiger partial charge in [0.05, 0.1) is 0 Å². The van der Waals surface area contributed by atoms with E-state index in [-0.39, 0.29) is 0 Å². The van der Waals surface area contributed by atoms with Crippen LogP contribution in [0.25, 0.3) is 0 Å². The normalized spacial score (nSPS) is 9.09. The summed E-state index contributed by atoms with van der Waals surface area (Å²) in [5, 5.41) is 0. The molecule has 0 fully saturated rings. The summed E-state index contributed by atoms with van der Waals surface area (Å²) in [6.45, 7) is 14.4. The summed E-state index contributed by atoms with van der Waals surface area (Å²) >= 11 is 0. The van der Waals surface area contributed by atoms with Gasteiger partial charge in [-0.15, -0.1) is 0 Å². The molecule has 0 amide bonds. The lowest BCUT2D eigenvalue weighted by Crippen LogP contribution is -2.20. The van der Waals surface area contributed by atoms with Crippen LogP contribution in [-0.2, 0) is 0 Å². The molecule has 64 valence electrons. The Morgan fingerprint density at radius 1 is 1.36 bits per heavy atom. The zero-order valence-electron chi connectivity index (χ0n) is 8.15. The van der Waals surface area contributed by atoms with Crippen molar-refractivity contribution in [2.24, 2.45) is 0 Å². The second-order valence-electron chi connectivity index (χ2n) is 3.06. The number of rotatable bonds is 4. The largest absolute Gasteiger partial charge is 0.372 e. The van der Waals surface area contributed by atoms with Crippen molar-refractivity contribution in [3.8, 4) is 0 Å². The van der Waals surface area contributed by atoms with Crippen molar-refractivity contribution < 1.29 is 0 Å². The predicted octanol–water partition coefficient (Wildman–Crippen LogP) is 2.81. The summed E-state index contributed by atoms with van der Waals surface area (Å²) in [7, 11) is 0. The van der Waals surface area contributed by atoms with Crippen LogP contribution in [0.3, 0.4) is 0 Å². The molecule has 0 aromatic heterocycles. The minimum Gasteiger partial charge on any atom is -0.372 e. The Kier molecular flexibility index (Phi) is 4.67. The summed E-state index contributed by atoms with van der Waals surface area (Å²) in [6.07, 6.45) is 2.22. The van der Waals surface area contributed by atoms with Crippen LogP contribution in [-0.4, -0.2) is 18.0 Å². The number of allylic oxidation sites excluding steroid dienone is 2. The van der Waals surface area contributed by atoms with Crippen molar-refractivity contribution in [2.75, 3.05) is 13.1 Å².